The quantitative estimate of drug-likeness (QED) is 0.634. The summed E-state index contributed by atoms with van der Waals surface area (Å²) in [5.41, 5.74) is -0.324. The van der Waals surface area contributed by atoms with Crippen LogP contribution in [0.4, 0.5) is 5.69 Å². The molecule has 1 aromatic carbocycles. The highest BCUT2D eigenvalue weighted by Gasteiger charge is 2.33. The first-order valence-electron chi connectivity index (χ1n) is 4.90. The lowest BCUT2D eigenvalue weighted by atomic mass is 10.1. The molecule has 1 aromatic rings. The van der Waals surface area contributed by atoms with Gasteiger partial charge in [0.15, 0.2) is 0 Å². The Morgan fingerprint density at radius 1 is 1.53 bits per heavy atom. The fourth-order valence-corrected chi connectivity index (χ4v) is 1.80. The zero-order chi connectivity index (χ0) is 12.6. The molecule has 17 heavy (non-hydrogen) atoms. The molecule has 0 saturated carbocycles. The summed E-state index contributed by atoms with van der Waals surface area (Å²) in [5, 5.41) is 20.1. The van der Waals surface area contributed by atoms with E-state index in [4.69, 9.17) is 16.7 Å². The van der Waals surface area contributed by atoms with Gasteiger partial charge in [-0.15, -0.1) is 0 Å². The minimum atomic E-state index is -0.625. The number of hydrogen-bond acceptors (Lipinski definition) is 4. The number of aliphatic hydroxyl groups excluding tert-OH is 1. The summed E-state index contributed by atoms with van der Waals surface area (Å²) < 4.78 is 0. The zero-order valence-electron chi connectivity index (χ0n) is 8.67. The van der Waals surface area contributed by atoms with Crippen molar-refractivity contribution in [1.82, 2.24) is 4.90 Å². The Hall–Kier alpha value is -1.66. The van der Waals surface area contributed by atoms with Crippen LogP contribution in [0, 0.1) is 10.1 Å². The van der Waals surface area contributed by atoms with Crippen molar-refractivity contribution < 1.29 is 14.8 Å². The molecular weight excluding hydrogens is 248 g/mol. The third-order valence-corrected chi connectivity index (χ3v) is 2.77. The van der Waals surface area contributed by atoms with Gasteiger partial charge in [0.05, 0.1) is 11.0 Å². The number of halogens is 1. The highest BCUT2D eigenvalue weighted by molar-refractivity contribution is 6.31. The average molecular weight is 257 g/mol. The lowest BCUT2D eigenvalue weighted by molar-refractivity contribution is -0.385. The fourth-order valence-electron chi connectivity index (χ4n) is 1.63. The molecule has 0 aliphatic carbocycles. The van der Waals surface area contributed by atoms with Gasteiger partial charge in [-0.2, -0.15) is 0 Å². The summed E-state index contributed by atoms with van der Waals surface area (Å²) in [6, 6.07) is 3.83. The average Bonchev–Trinajstić information content (AvgIpc) is 2.23. The van der Waals surface area contributed by atoms with Crippen LogP contribution in [0.2, 0.25) is 5.02 Å². The topological polar surface area (TPSA) is 83.7 Å². The SMILES string of the molecule is O=C(c1cc(Cl)ccc1[N+](=O)[O-])N1CC(O)C1. The van der Waals surface area contributed by atoms with Crippen LogP contribution >= 0.6 is 11.6 Å². The van der Waals surface area contributed by atoms with Crippen molar-refractivity contribution in [2.45, 2.75) is 6.10 Å². The molecule has 1 fully saturated rings. The summed E-state index contributed by atoms with van der Waals surface area (Å²) in [7, 11) is 0. The molecule has 0 bridgehead atoms. The maximum absolute atomic E-state index is 11.9. The van der Waals surface area contributed by atoms with E-state index < -0.39 is 16.9 Å². The number of benzene rings is 1. The van der Waals surface area contributed by atoms with Gasteiger partial charge in [-0.25, -0.2) is 0 Å². The number of rotatable bonds is 2. The van der Waals surface area contributed by atoms with Crippen molar-refractivity contribution in [1.29, 1.82) is 0 Å². The molecule has 6 nitrogen and oxygen atoms in total. The zero-order valence-corrected chi connectivity index (χ0v) is 9.42. The van der Waals surface area contributed by atoms with E-state index in [1.807, 2.05) is 0 Å². The molecule has 0 atom stereocenters. The third kappa shape index (κ3) is 2.22. The predicted octanol–water partition coefficient (Wildman–Crippen LogP) is 1.06. The van der Waals surface area contributed by atoms with E-state index in [1.54, 1.807) is 0 Å². The first-order valence-corrected chi connectivity index (χ1v) is 5.28. The number of aliphatic hydroxyl groups is 1. The smallest absolute Gasteiger partial charge is 0.282 e. The maximum Gasteiger partial charge on any atom is 0.282 e. The van der Waals surface area contributed by atoms with Crippen molar-refractivity contribution in [2.75, 3.05) is 13.1 Å². The van der Waals surface area contributed by atoms with Crippen molar-refractivity contribution in [3.05, 3.63) is 38.9 Å². The number of nitro groups is 1. The number of nitro benzene ring substituents is 1. The van der Waals surface area contributed by atoms with Crippen LogP contribution in [0.5, 0.6) is 0 Å². The normalized spacial score (nSPS) is 15.5. The van der Waals surface area contributed by atoms with Gasteiger partial charge in [-0.1, -0.05) is 11.6 Å². The molecule has 0 spiro atoms. The van der Waals surface area contributed by atoms with Crippen LogP contribution in [0.15, 0.2) is 18.2 Å². The van der Waals surface area contributed by atoms with Gasteiger partial charge in [0, 0.05) is 24.2 Å². The first kappa shape index (κ1) is 11.8. The molecule has 2 rings (SSSR count). The minimum absolute atomic E-state index is 0.0469. The van der Waals surface area contributed by atoms with Crippen LogP contribution in [-0.2, 0) is 0 Å². The Bertz CT molecular complexity index is 485. The van der Waals surface area contributed by atoms with Gasteiger partial charge in [-0.3, -0.25) is 14.9 Å². The third-order valence-electron chi connectivity index (χ3n) is 2.54. The monoisotopic (exact) mass is 256 g/mol. The number of β-amino-alcohol motifs (C(OH)–C–C–N with tert-alkyl or cyclic N) is 1. The molecule has 0 unspecified atom stereocenters. The standard InChI is InChI=1S/C10H9ClN2O4/c11-6-1-2-9(13(16)17)8(3-6)10(15)12-4-7(14)5-12/h1-3,7,14H,4-5H2. The highest BCUT2D eigenvalue weighted by Crippen LogP contribution is 2.25. The van der Waals surface area contributed by atoms with E-state index in [0.29, 0.717) is 0 Å². The Labute approximate surface area is 102 Å². The van der Waals surface area contributed by atoms with Crippen LogP contribution in [0.3, 0.4) is 0 Å². The van der Waals surface area contributed by atoms with Gasteiger partial charge in [-0.05, 0) is 12.1 Å². The number of carbonyl (C=O) groups excluding carboxylic acids is 1. The summed E-state index contributed by atoms with van der Waals surface area (Å²) in [6.45, 7) is 0.394. The molecular formula is C10H9ClN2O4. The lowest BCUT2D eigenvalue weighted by Crippen LogP contribution is -2.53. The lowest BCUT2D eigenvalue weighted by Gasteiger charge is -2.35. The van der Waals surface area contributed by atoms with E-state index >= 15 is 0 Å². The van der Waals surface area contributed by atoms with E-state index in [2.05, 4.69) is 0 Å². The van der Waals surface area contributed by atoms with Crippen molar-refractivity contribution in [2.24, 2.45) is 0 Å². The molecule has 0 aromatic heterocycles. The minimum Gasteiger partial charge on any atom is -0.389 e. The van der Waals surface area contributed by atoms with Crippen molar-refractivity contribution >= 4 is 23.2 Å². The molecule has 1 saturated heterocycles. The van der Waals surface area contributed by atoms with Gasteiger partial charge >= 0.3 is 0 Å². The Balaban J connectivity index is 2.33. The summed E-state index contributed by atoms with van der Waals surface area (Å²) in [4.78, 5) is 23.4. The Kier molecular flexibility index (Phi) is 2.99. The number of hydrogen-bond donors (Lipinski definition) is 1. The van der Waals surface area contributed by atoms with E-state index in [-0.39, 0.29) is 29.4 Å². The Morgan fingerprint density at radius 2 is 2.18 bits per heavy atom. The van der Waals surface area contributed by atoms with Gasteiger partial charge in [0.1, 0.15) is 5.56 Å². The van der Waals surface area contributed by atoms with Crippen molar-refractivity contribution in [3.63, 3.8) is 0 Å². The number of carbonyl (C=O) groups is 1. The van der Waals surface area contributed by atoms with Gasteiger partial charge in [0.2, 0.25) is 0 Å². The number of nitrogens with zero attached hydrogens (tertiary/aromatic N) is 2. The highest BCUT2D eigenvalue weighted by atomic mass is 35.5. The van der Waals surface area contributed by atoms with Gasteiger partial charge in [0.25, 0.3) is 11.6 Å². The van der Waals surface area contributed by atoms with Crippen LogP contribution in [-0.4, -0.2) is 40.0 Å². The van der Waals surface area contributed by atoms with Crippen LogP contribution in [0.1, 0.15) is 10.4 Å². The van der Waals surface area contributed by atoms with Crippen LogP contribution in [0.25, 0.3) is 0 Å². The van der Waals surface area contributed by atoms with Gasteiger partial charge < -0.3 is 10.0 Å². The summed E-state index contributed by atoms with van der Waals surface area (Å²) in [6.07, 6.45) is -0.544. The predicted molar refractivity (Wildman–Crippen MR) is 60.0 cm³/mol. The summed E-state index contributed by atoms with van der Waals surface area (Å²) in [5.74, 6) is -0.482. The van der Waals surface area contributed by atoms with Crippen molar-refractivity contribution in [3.8, 4) is 0 Å². The molecule has 1 N–H and O–H groups in total. The molecule has 90 valence electrons. The molecule has 7 heteroatoms. The number of amides is 1. The maximum atomic E-state index is 11.9. The second-order valence-corrected chi connectivity index (χ2v) is 4.22. The fraction of sp³-hybridized carbons (Fsp3) is 0.300. The number of likely N-dealkylation sites (tertiary alicyclic amines) is 1. The molecule has 1 amide bonds. The molecule has 1 heterocycles. The molecule has 1 aliphatic rings. The van der Waals surface area contributed by atoms with E-state index in [0.717, 1.165) is 0 Å². The first-order chi connectivity index (χ1) is 7.99. The summed E-state index contributed by atoms with van der Waals surface area (Å²) >= 11 is 5.72. The second-order valence-electron chi connectivity index (χ2n) is 3.78. The molecule has 1 aliphatic heterocycles. The largest absolute Gasteiger partial charge is 0.389 e. The Morgan fingerprint density at radius 3 is 2.71 bits per heavy atom. The van der Waals surface area contributed by atoms with E-state index in [1.165, 1.54) is 23.1 Å². The van der Waals surface area contributed by atoms with Crippen LogP contribution < -0.4 is 0 Å². The second kappa shape index (κ2) is 4.31. The molecule has 0 radical (unpaired) electrons. The van der Waals surface area contributed by atoms with E-state index in [9.17, 15) is 14.9 Å².